The van der Waals surface area contributed by atoms with Gasteiger partial charge in [0.05, 0.1) is 0 Å². The van der Waals surface area contributed by atoms with Gasteiger partial charge in [0.2, 0.25) is 0 Å². The van der Waals surface area contributed by atoms with Crippen molar-refractivity contribution >= 4 is 0 Å². The van der Waals surface area contributed by atoms with Crippen molar-refractivity contribution in [3.05, 3.63) is 11.6 Å². The largest absolute Gasteiger partial charge is 0.179 e. The average Bonchev–Trinajstić information content (AvgIpc) is 3.24. The first-order valence-electron chi connectivity index (χ1n) is 10.2. The zero-order valence-corrected chi connectivity index (χ0v) is 17.5. The van der Waals surface area contributed by atoms with Crippen molar-refractivity contribution in [3.63, 3.8) is 0 Å². The zero-order valence-electron chi connectivity index (χ0n) is 17.5. The van der Waals surface area contributed by atoms with Crippen molar-refractivity contribution in [3.8, 4) is 11.8 Å². The molecular formula is C22H34N4. The SMILES string of the molecule is CC(C)C1C2CCC#CCC(CC(C)(C)c3nnc(C(C)(C)C)nn3)C21. The lowest BCUT2D eigenvalue weighted by Crippen LogP contribution is -2.29. The average molecular weight is 355 g/mol. The second-order valence-electron chi connectivity index (χ2n) is 10.3. The van der Waals surface area contributed by atoms with Crippen LogP contribution >= 0.6 is 0 Å². The third-order valence-electron chi connectivity index (χ3n) is 6.23. The Kier molecular flexibility index (Phi) is 5.12. The van der Waals surface area contributed by atoms with Crippen LogP contribution in [-0.4, -0.2) is 20.4 Å². The van der Waals surface area contributed by atoms with Crippen LogP contribution in [0.1, 0.15) is 85.8 Å². The lowest BCUT2D eigenvalue weighted by atomic mass is 9.77. The highest BCUT2D eigenvalue weighted by Gasteiger charge is 2.55. The summed E-state index contributed by atoms with van der Waals surface area (Å²) in [7, 11) is 0. The van der Waals surface area contributed by atoms with Gasteiger partial charge in [-0.2, -0.15) is 0 Å². The monoisotopic (exact) mass is 354 g/mol. The molecule has 4 atom stereocenters. The maximum Gasteiger partial charge on any atom is 0.179 e. The van der Waals surface area contributed by atoms with E-state index in [1.807, 2.05) is 0 Å². The summed E-state index contributed by atoms with van der Waals surface area (Å²) in [5, 5.41) is 17.6. The summed E-state index contributed by atoms with van der Waals surface area (Å²) in [5.41, 5.74) is -0.250. The second kappa shape index (κ2) is 6.91. The van der Waals surface area contributed by atoms with E-state index >= 15 is 0 Å². The van der Waals surface area contributed by atoms with Gasteiger partial charge in [-0.3, -0.25) is 0 Å². The lowest BCUT2D eigenvalue weighted by Gasteiger charge is -2.28. The third kappa shape index (κ3) is 3.92. The predicted molar refractivity (Wildman–Crippen MR) is 104 cm³/mol. The molecule has 0 saturated heterocycles. The fraction of sp³-hybridized carbons (Fsp3) is 0.818. The van der Waals surface area contributed by atoms with E-state index in [9.17, 15) is 0 Å². The Labute approximate surface area is 159 Å². The molecule has 1 saturated carbocycles. The fourth-order valence-electron chi connectivity index (χ4n) is 4.84. The molecule has 142 valence electrons. The van der Waals surface area contributed by atoms with Crippen molar-refractivity contribution in [2.75, 3.05) is 0 Å². The molecule has 4 nitrogen and oxygen atoms in total. The molecule has 0 amide bonds. The first kappa shape index (κ1) is 19.3. The number of hydrogen-bond acceptors (Lipinski definition) is 4. The Morgan fingerprint density at radius 1 is 0.962 bits per heavy atom. The van der Waals surface area contributed by atoms with E-state index in [-0.39, 0.29) is 10.8 Å². The molecule has 2 aliphatic rings. The van der Waals surface area contributed by atoms with E-state index in [4.69, 9.17) is 0 Å². The second-order valence-corrected chi connectivity index (χ2v) is 10.3. The van der Waals surface area contributed by atoms with Gasteiger partial charge in [0.15, 0.2) is 11.6 Å². The molecule has 1 fully saturated rings. The molecule has 4 unspecified atom stereocenters. The van der Waals surface area contributed by atoms with Crippen LogP contribution in [0.25, 0.3) is 0 Å². The van der Waals surface area contributed by atoms with Crippen molar-refractivity contribution in [2.24, 2.45) is 29.6 Å². The Balaban J connectivity index is 1.77. The molecule has 0 aromatic carbocycles. The van der Waals surface area contributed by atoms with Gasteiger partial charge < -0.3 is 0 Å². The van der Waals surface area contributed by atoms with Crippen molar-refractivity contribution in [1.29, 1.82) is 0 Å². The Morgan fingerprint density at radius 3 is 2.15 bits per heavy atom. The molecule has 26 heavy (non-hydrogen) atoms. The Bertz CT molecular complexity index is 688. The predicted octanol–water partition coefficient (Wildman–Crippen LogP) is 4.55. The third-order valence-corrected chi connectivity index (χ3v) is 6.23. The number of hydrogen-bond donors (Lipinski definition) is 0. The van der Waals surface area contributed by atoms with Crippen molar-refractivity contribution < 1.29 is 0 Å². The number of aromatic nitrogens is 4. The van der Waals surface area contributed by atoms with Crippen LogP contribution in [0.2, 0.25) is 0 Å². The van der Waals surface area contributed by atoms with Gasteiger partial charge in [-0.1, -0.05) is 48.5 Å². The summed E-state index contributed by atoms with van der Waals surface area (Å²) in [6.45, 7) is 15.5. The first-order valence-corrected chi connectivity index (χ1v) is 10.2. The molecule has 3 rings (SSSR count). The summed E-state index contributed by atoms with van der Waals surface area (Å²) in [4.78, 5) is 0. The lowest BCUT2D eigenvalue weighted by molar-refractivity contribution is 0.289. The van der Waals surface area contributed by atoms with E-state index in [2.05, 4.69) is 80.7 Å². The highest BCUT2D eigenvalue weighted by Crippen LogP contribution is 2.60. The van der Waals surface area contributed by atoms with E-state index in [1.165, 1.54) is 6.42 Å². The molecule has 1 aromatic heterocycles. The van der Waals surface area contributed by atoms with Gasteiger partial charge in [-0.25, -0.2) is 0 Å². The molecule has 0 aliphatic heterocycles. The molecule has 0 N–H and O–H groups in total. The first-order chi connectivity index (χ1) is 12.1. The number of fused-ring (bicyclic) bond motifs is 1. The quantitative estimate of drug-likeness (QED) is 0.744. The number of nitrogens with zero attached hydrogens (tertiary/aromatic N) is 4. The molecule has 2 aliphatic carbocycles. The van der Waals surface area contributed by atoms with E-state index < -0.39 is 0 Å². The summed E-state index contributed by atoms with van der Waals surface area (Å²) in [6.07, 6.45) is 4.42. The summed E-state index contributed by atoms with van der Waals surface area (Å²) in [5.74, 6) is 12.2. The van der Waals surface area contributed by atoms with E-state index in [0.29, 0.717) is 11.7 Å². The van der Waals surface area contributed by atoms with E-state index in [1.54, 1.807) is 0 Å². The maximum atomic E-state index is 4.46. The van der Waals surface area contributed by atoms with Crippen molar-refractivity contribution in [2.45, 2.75) is 85.0 Å². The van der Waals surface area contributed by atoms with Gasteiger partial charge >= 0.3 is 0 Å². The minimum absolute atomic E-state index is 0.122. The van der Waals surface area contributed by atoms with Crippen LogP contribution in [0.5, 0.6) is 0 Å². The van der Waals surface area contributed by atoms with Crippen molar-refractivity contribution in [1.82, 2.24) is 20.4 Å². The topological polar surface area (TPSA) is 51.6 Å². The van der Waals surface area contributed by atoms with Crippen LogP contribution in [0.4, 0.5) is 0 Å². The molecule has 1 heterocycles. The summed E-state index contributed by atoms with van der Waals surface area (Å²) >= 11 is 0. The number of rotatable bonds is 4. The normalized spacial score (nSPS) is 28.6. The summed E-state index contributed by atoms with van der Waals surface area (Å²) < 4.78 is 0. The molecule has 1 aromatic rings. The zero-order chi connectivity index (χ0) is 19.1. The minimum Gasteiger partial charge on any atom is -0.131 e. The highest BCUT2D eigenvalue weighted by atomic mass is 15.3. The molecular weight excluding hydrogens is 320 g/mol. The smallest absolute Gasteiger partial charge is 0.131 e. The standard InChI is InChI=1S/C22H34N4/c1-14(2)17-16-12-10-8-9-11-15(18(16)17)13-22(6,7)20-25-23-19(24-26-20)21(3,4)5/h14-18H,10-13H2,1-7H3. The molecule has 4 heteroatoms. The van der Waals surface area contributed by atoms with Gasteiger partial charge in [0.1, 0.15) is 0 Å². The van der Waals surface area contributed by atoms with Crippen LogP contribution < -0.4 is 0 Å². The molecule has 0 spiro atoms. The van der Waals surface area contributed by atoms with Gasteiger partial charge in [-0.05, 0) is 42.4 Å². The van der Waals surface area contributed by atoms with Crippen LogP contribution in [0, 0.1) is 41.4 Å². The molecule has 0 radical (unpaired) electrons. The summed E-state index contributed by atoms with van der Waals surface area (Å²) in [6, 6.07) is 0. The van der Waals surface area contributed by atoms with Crippen LogP contribution in [-0.2, 0) is 10.8 Å². The maximum absolute atomic E-state index is 4.46. The minimum atomic E-state index is -0.128. The van der Waals surface area contributed by atoms with E-state index in [0.717, 1.165) is 48.8 Å². The fourth-order valence-corrected chi connectivity index (χ4v) is 4.84. The van der Waals surface area contributed by atoms with Gasteiger partial charge in [0.25, 0.3) is 0 Å². The van der Waals surface area contributed by atoms with Gasteiger partial charge in [-0.15, -0.1) is 32.2 Å². The van der Waals surface area contributed by atoms with Crippen LogP contribution in [0.3, 0.4) is 0 Å². The van der Waals surface area contributed by atoms with Crippen LogP contribution in [0.15, 0.2) is 0 Å². The van der Waals surface area contributed by atoms with Gasteiger partial charge in [0, 0.05) is 23.7 Å². The molecule has 0 bridgehead atoms. The Hall–Kier alpha value is -1.50. The highest BCUT2D eigenvalue weighted by molar-refractivity contribution is 5.13. The Morgan fingerprint density at radius 2 is 1.58 bits per heavy atom.